The summed E-state index contributed by atoms with van der Waals surface area (Å²) in [4.78, 5) is 24.0. The lowest BCUT2D eigenvalue weighted by molar-refractivity contribution is -0.108. The van der Waals surface area contributed by atoms with Gasteiger partial charge >= 0.3 is 12.2 Å². The first kappa shape index (κ1) is 22.2. The molecule has 2 aromatic rings. The summed E-state index contributed by atoms with van der Waals surface area (Å²) in [7, 11) is 1.02. The van der Waals surface area contributed by atoms with Gasteiger partial charge in [0.2, 0.25) is 5.83 Å². The van der Waals surface area contributed by atoms with Gasteiger partial charge in [-0.05, 0) is 24.3 Å². The Morgan fingerprint density at radius 3 is 2.28 bits per heavy atom. The molecule has 0 saturated carbocycles. The first-order chi connectivity index (χ1) is 13.5. The number of nitrogens with one attached hydrogen (secondary N) is 2. The Balaban J connectivity index is 2.19. The summed E-state index contributed by atoms with van der Waals surface area (Å²) in [5, 5.41) is 4.32. The van der Waals surface area contributed by atoms with Crippen LogP contribution in [-0.4, -0.2) is 25.2 Å². The molecule has 0 aromatic heterocycles. The highest BCUT2D eigenvalue weighted by Gasteiger charge is 2.39. The van der Waals surface area contributed by atoms with E-state index in [0.717, 1.165) is 25.3 Å². The van der Waals surface area contributed by atoms with Gasteiger partial charge in [-0.25, -0.2) is 9.18 Å². The number of hydrogen-bond donors (Lipinski definition) is 2. The molecule has 0 aliphatic heterocycles. The minimum absolute atomic E-state index is 0.0343. The van der Waals surface area contributed by atoms with Crippen LogP contribution in [0, 0.1) is 0 Å². The molecule has 11 heteroatoms. The lowest BCUT2D eigenvalue weighted by Gasteiger charge is -2.12. The maximum atomic E-state index is 13.8. The maximum Gasteiger partial charge on any atom is 0.445 e. The monoisotopic (exact) mass is 434 g/mol. The average Bonchev–Trinajstić information content (AvgIpc) is 2.66. The van der Waals surface area contributed by atoms with Gasteiger partial charge in [0.05, 0.1) is 23.3 Å². The molecule has 0 unspecified atom stereocenters. The first-order valence-corrected chi connectivity index (χ1v) is 8.10. The number of allylic oxidation sites excluding steroid dienone is 1. The molecule has 0 heterocycles. The second-order valence-electron chi connectivity index (χ2n) is 5.43. The van der Waals surface area contributed by atoms with Crippen LogP contribution in [0.1, 0.15) is 15.9 Å². The standard InChI is InChI=1S/C18H12ClF5N2O3/c1-29-13-8-9(6-7-11(13)14(20)15(21)18(22,23)24)25-17(28)26-16(27)10-4-2-3-5-12(10)19/h2-8H,1H3,(H2,25,26,27,28). The van der Waals surface area contributed by atoms with Crippen LogP contribution in [0.25, 0.3) is 5.83 Å². The molecule has 0 atom stereocenters. The van der Waals surface area contributed by atoms with E-state index in [2.05, 4.69) is 5.32 Å². The van der Waals surface area contributed by atoms with E-state index in [-0.39, 0.29) is 16.3 Å². The van der Waals surface area contributed by atoms with Crippen LogP contribution in [0.15, 0.2) is 48.3 Å². The Morgan fingerprint density at radius 1 is 1.03 bits per heavy atom. The summed E-state index contributed by atoms with van der Waals surface area (Å²) in [6.45, 7) is 0. The number of anilines is 1. The van der Waals surface area contributed by atoms with Gasteiger partial charge in [0, 0.05) is 11.8 Å². The van der Waals surface area contributed by atoms with Gasteiger partial charge in [-0.2, -0.15) is 17.6 Å². The van der Waals surface area contributed by atoms with Gasteiger partial charge in [-0.1, -0.05) is 23.7 Å². The highest BCUT2D eigenvalue weighted by Crippen LogP contribution is 2.38. The Bertz CT molecular complexity index is 976. The molecule has 0 fully saturated rings. The van der Waals surface area contributed by atoms with E-state index < -0.39 is 41.1 Å². The van der Waals surface area contributed by atoms with E-state index in [0.29, 0.717) is 0 Å². The fraction of sp³-hybridized carbons (Fsp3) is 0.111. The van der Waals surface area contributed by atoms with Crippen molar-refractivity contribution in [3.63, 3.8) is 0 Å². The number of carbonyl (C=O) groups excluding carboxylic acids is 2. The van der Waals surface area contributed by atoms with E-state index in [9.17, 15) is 31.5 Å². The van der Waals surface area contributed by atoms with Crippen molar-refractivity contribution in [1.82, 2.24) is 5.32 Å². The number of hydrogen-bond acceptors (Lipinski definition) is 3. The van der Waals surface area contributed by atoms with Crippen LogP contribution in [0.2, 0.25) is 5.02 Å². The van der Waals surface area contributed by atoms with Crippen LogP contribution in [0.3, 0.4) is 0 Å². The zero-order valence-electron chi connectivity index (χ0n) is 14.5. The van der Waals surface area contributed by atoms with Crippen molar-refractivity contribution < 1.29 is 36.3 Å². The second kappa shape index (κ2) is 8.91. The molecule has 5 nitrogen and oxygen atoms in total. The van der Waals surface area contributed by atoms with Gasteiger partial charge in [-0.3, -0.25) is 10.1 Å². The Morgan fingerprint density at radius 2 is 1.69 bits per heavy atom. The van der Waals surface area contributed by atoms with Crippen molar-refractivity contribution >= 4 is 35.1 Å². The Hall–Kier alpha value is -3.14. The maximum absolute atomic E-state index is 13.8. The lowest BCUT2D eigenvalue weighted by Crippen LogP contribution is -2.34. The predicted molar refractivity (Wildman–Crippen MR) is 96.1 cm³/mol. The number of carbonyl (C=O) groups is 2. The van der Waals surface area contributed by atoms with Crippen LogP contribution in [0.5, 0.6) is 5.75 Å². The average molecular weight is 435 g/mol. The van der Waals surface area contributed by atoms with Gasteiger partial charge in [0.25, 0.3) is 5.91 Å². The number of imide groups is 1. The molecular weight excluding hydrogens is 423 g/mol. The summed E-state index contributed by atoms with van der Waals surface area (Å²) in [6.07, 6.45) is -5.51. The van der Waals surface area contributed by atoms with Gasteiger partial charge in [0.15, 0.2) is 5.83 Å². The summed E-state index contributed by atoms with van der Waals surface area (Å²) < 4.78 is 68.7. The van der Waals surface area contributed by atoms with Crippen LogP contribution < -0.4 is 15.4 Å². The topological polar surface area (TPSA) is 67.4 Å². The van der Waals surface area contributed by atoms with Crippen LogP contribution in [-0.2, 0) is 0 Å². The molecule has 0 aliphatic carbocycles. The third kappa shape index (κ3) is 5.44. The number of halogens is 6. The van der Waals surface area contributed by atoms with Crippen molar-refractivity contribution in [3.8, 4) is 5.75 Å². The SMILES string of the molecule is COc1cc(NC(=O)NC(=O)c2ccccc2Cl)ccc1C(F)=C(F)C(F)(F)F. The first-order valence-electron chi connectivity index (χ1n) is 7.72. The molecule has 0 bridgehead atoms. The van der Waals surface area contributed by atoms with E-state index >= 15 is 0 Å². The minimum Gasteiger partial charge on any atom is -0.496 e. The molecule has 3 amide bonds. The van der Waals surface area contributed by atoms with E-state index in [4.69, 9.17) is 16.3 Å². The smallest absolute Gasteiger partial charge is 0.445 e. The van der Waals surface area contributed by atoms with E-state index in [1.54, 1.807) is 6.07 Å². The van der Waals surface area contributed by atoms with Gasteiger partial charge in [-0.15, -0.1) is 0 Å². The number of ether oxygens (including phenoxy) is 1. The summed E-state index contributed by atoms with van der Waals surface area (Å²) in [5.74, 6) is -6.37. The minimum atomic E-state index is -5.51. The van der Waals surface area contributed by atoms with E-state index in [1.807, 2.05) is 5.32 Å². The third-order valence-corrected chi connectivity index (χ3v) is 3.81. The lowest BCUT2D eigenvalue weighted by atomic mass is 10.1. The highest BCUT2D eigenvalue weighted by molar-refractivity contribution is 6.34. The highest BCUT2D eigenvalue weighted by atomic mass is 35.5. The molecule has 0 aliphatic rings. The molecule has 0 spiro atoms. The van der Waals surface area contributed by atoms with Crippen LogP contribution in [0.4, 0.5) is 32.4 Å². The molecule has 2 aromatic carbocycles. The number of methoxy groups -OCH3 is 1. The third-order valence-electron chi connectivity index (χ3n) is 3.48. The van der Waals surface area contributed by atoms with Crippen molar-refractivity contribution in [2.75, 3.05) is 12.4 Å². The molecule has 0 radical (unpaired) electrons. The van der Waals surface area contributed by atoms with Gasteiger partial charge in [0.1, 0.15) is 5.75 Å². The number of urea groups is 1. The Kier molecular flexibility index (Phi) is 6.80. The number of rotatable bonds is 4. The number of benzene rings is 2. The fourth-order valence-corrected chi connectivity index (χ4v) is 2.39. The molecule has 29 heavy (non-hydrogen) atoms. The summed E-state index contributed by atoms with van der Waals surface area (Å²) in [6, 6.07) is 7.69. The molecule has 2 rings (SSSR count). The van der Waals surface area contributed by atoms with Gasteiger partial charge < -0.3 is 10.1 Å². The molecular formula is C18H12ClF5N2O3. The fourth-order valence-electron chi connectivity index (χ4n) is 2.17. The zero-order valence-corrected chi connectivity index (χ0v) is 15.3. The Labute approximate surface area is 166 Å². The quantitative estimate of drug-likeness (QED) is 0.626. The van der Waals surface area contributed by atoms with Crippen molar-refractivity contribution in [1.29, 1.82) is 0 Å². The van der Waals surface area contributed by atoms with E-state index in [1.165, 1.54) is 18.2 Å². The zero-order chi connectivity index (χ0) is 21.8. The van der Waals surface area contributed by atoms with Crippen molar-refractivity contribution in [2.24, 2.45) is 0 Å². The largest absolute Gasteiger partial charge is 0.496 e. The number of amides is 3. The molecule has 0 saturated heterocycles. The van der Waals surface area contributed by atoms with Crippen molar-refractivity contribution in [3.05, 3.63) is 64.4 Å². The molecule has 2 N–H and O–H groups in total. The number of alkyl halides is 3. The summed E-state index contributed by atoms with van der Waals surface area (Å²) >= 11 is 5.85. The van der Waals surface area contributed by atoms with Crippen molar-refractivity contribution in [2.45, 2.75) is 6.18 Å². The normalized spacial score (nSPS) is 12.1. The molecule has 154 valence electrons. The summed E-state index contributed by atoms with van der Waals surface area (Å²) in [5.41, 5.74) is -0.831. The second-order valence-corrected chi connectivity index (χ2v) is 5.84. The van der Waals surface area contributed by atoms with Crippen LogP contribution >= 0.6 is 11.6 Å². The predicted octanol–water partition coefficient (Wildman–Crippen LogP) is 5.48.